The van der Waals surface area contributed by atoms with E-state index < -0.39 is 0 Å². The lowest BCUT2D eigenvalue weighted by molar-refractivity contribution is 0.605. The van der Waals surface area contributed by atoms with E-state index in [0.717, 1.165) is 28.3 Å². The summed E-state index contributed by atoms with van der Waals surface area (Å²) in [5.41, 5.74) is 1.91. The summed E-state index contributed by atoms with van der Waals surface area (Å²) in [6.07, 6.45) is 7.24. The minimum atomic E-state index is 0.674. The lowest BCUT2D eigenvalue weighted by atomic mass is 10.4. The molecule has 1 N–H and O–H groups in total. The zero-order valence-electron chi connectivity index (χ0n) is 11.0. The first-order chi connectivity index (χ1) is 9.78. The van der Waals surface area contributed by atoms with E-state index in [1.54, 1.807) is 12.5 Å². The number of halogens is 1. The van der Waals surface area contributed by atoms with Gasteiger partial charge in [0.15, 0.2) is 5.65 Å². The predicted molar refractivity (Wildman–Crippen MR) is 76.9 cm³/mol. The van der Waals surface area contributed by atoms with Crippen LogP contribution in [0.15, 0.2) is 29.5 Å². The third kappa shape index (κ3) is 2.56. The second kappa shape index (κ2) is 5.68. The highest BCUT2D eigenvalue weighted by Crippen LogP contribution is 2.10. The first-order valence-electron chi connectivity index (χ1n) is 6.33. The van der Waals surface area contributed by atoms with Gasteiger partial charge in [0, 0.05) is 19.3 Å². The van der Waals surface area contributed by atoms with Crippen LogP contribution in [0.3, 0.4) is 0 Å². The van der Waals surface area contributed by atoms with Crippen LogP contribution in [0.5, 0.6) is 0 Å². The van der Waals surface area contributed by atoms with E-state index in [2.05, 4.69) is 48.3 Å². The summed E-state index contributed by atoms with van der Waals surface area (Å²) in [5.74, 6) is 0.934. The topological polar surface area (TPSA) is 72.9 Å². The van der Waals surface area contributed by atoms with Gasteiger partial charge in [0.1, 0.15) is 16.8 Å². The Hall–Kier alpha value is -1.80. The number of rotatable bonds is 5. The van der Waals surface area contributed by atoms with Gasteiger partial charge in [-0.25, -0.2) is 9.97 Å². The van der Waals surface area contributed by atoms with Gasteiger partial charge in [-0.05, 0) is 22.9 Å². The summed E-state index contributed by atoms with van der Waals surface area (Å²) < 4.78 is 4.81. The molecule has 8 heteroatoms. The summed E-state index contributed by atoms with van der Waals surface area (Å²) in [5, 5.41) is 11.4. The van der Waals surface area contributed by atoms with Crippen molar-refractivity contribution < 1.29 is 0 Å². The second-order valence-corrected chi connectivity index (χ2v) is 5.14. The molecule has 0 bridgehead atoms. The number of aromatic nitrogens is 6. The maximum absolute atomic E-state index is 4.32. The molecule has 0 saturated carbocycles. The van der Waals surface area contributed by atoms with Gasteiger partial charge >= 0.3 is 0 Å². The van der Waals surface area contributed by atoms with Crippen molar-refractivity contribution in [2.75, 3.05) is 0 Å². The van der Waals surface area contributed by atoms with Crippen LogP contribution in [-0.2, 0) is 19.6 Å². The normalized spacial score (nSPS) is 11.3. The standard InChI is InChI=1S/C12H14BrN7/c1-2-19-8-17-18-12(19)5-14-3-9-4-16-11-6-15-10(13)7-20(9)11/h4,6-8,14H,2-3,5H2,1H3. The Morgan fingerprint density at radius 2 is 2.15 bits per heavy atom. The van der Waals surface area contributed by atoms with Gasteiger partial charge in [-0.2, -0.15) is 0 Å². The molecule has 0 atom stereocenters. The van der Waals surface area contributed by atoms with Crippen LogP contribution in [-0.4, -0.2) is 29.1 Å². The number of hydrogen-bond donors (Lipinski definition) is 1. The molecule has 0 fully saturated rings. The molecule has 0 spiro atoms. The third-order valence-electron chi connectivity index (χ3n) is 3.07. The Bertz CT molecular complexity index is 717. The number of hydrogen-bond acceptors (Lipinski definition) is 5. The van der Waals surface area contributed by atoms with E-state index >= 15 is 0 Å². The highest BCUT2D eigenvalue weighted by Gasteiger charge is 2.06. The molecule has 3 aromatic heterocycles. The van der Waals surface area contributed by atoms with Crippen LogP contribution in [0.2, 0.25) is 0 Å². The summed E-state index contributed by atoms with van der Waals surface area (Å²) in [6.45, 7) is 4.32. The number of aryl methyl sites for hydroxylation is 1. The van der Waals surface area contributed by atoms with Crippen molar-refractivity contribution in [3.8, 4) is 0 Å². The van der Waals surface area contributed by atoms with Crippen LogP contribution in [0.1, 0.15) is 18.4 Å². The molecular formula is C12H14BrN7. The zero-order chi connectivity index (χ0) is 13.9. The minimum absolute atomic E-state index is 0.674. The third-order valence-corrected chi connectivity index (χ3v) is 3.48. The average Bonchev–Trinajstić information content (AvgIpc) is 3.06. The van der Waals surface area contributed by atoms with Gasteiger partial charge in [0.05, 0.1) is 24.6 Å². The van der Waals surface area contributed by atoms with Gasteiger partial charge in [0.2, 0.25) is 0 Å². The molecule has 0 aliphatic rings. The Labute approximate surface area is 124 Å². The van der Waals surface area contributed by atoms with Crippen molar-refractivity contribution in [1.82, 2.24) is 34.4 Å². The molecule has 0 radical (unpaired) electrons. The Morgan fingerprint density at radius 1 is 1.25 bits per heavy atom. The Balaban J connectivity index is 1.70. The first-order valence-corrected chi connectivity index (χ1v) is 7.12. The predicted octanol–water partition coefficient (Wildman–Crippen LogP) is 1.39. The van der Waals surface area contributed by atoms with Crippen LogP contribution in [0, 0.1) is 0 Å². The fourth-order valence-electron chi connectivity index (χ4n) is 2.03. The molecule has 0 unspecified atom stereocenters. The minimum Gasteiger partial charge on any atom is -0.317 e. The molecule has 104 valence electrons. The molecule has 0 amide bonds. The smallest absolute Gasteiger partial charge is 0.155 e. The molecule has 3 rings (SSSR count). The maximum Gasteiger partial charge on any atom is 0.155 e. The largest absolute Gasteiger partial charge is 0.317 e. The first kappa shape index (κ1) is 13.2. The van der Waals surface area contributed by atoms with Crippen LogP contribution in [0.4, 0.5) is 0 Å². The summed E-state index contributed by atoms with van der Waals surface area (Å²) in [6, 6.07) is 0. The Morgan fingerprint density at radius 3 is 3.00 bits per heavy atom. The quantitative estimate of drug-likeness (QED) is 0.762. The number of nitrogens with one attached hydrogen (secondary N) is 1. The van der Waals surface area contributed by atoms with Crippen molar-refractivity contribution in [2.45, 2.75) is 26.6 Å². The average molecular weight is 336 g/mol. The molecule has 20 heavy (non-hydrogen) atoms. The van der Waals surface area contributed by atoms with Gasteiger partial charge in [-0.1, -0.05) is 0 Å². The Kier molecular flexibility index (Phi) is 3.75. The van der Waals surface area contributed by atoms with Crippen molar-refractivity contribution in [1.29, 1.82) is 0 Å². The van der Waals surface area contributed by atoms with E-state index in [0.29, 0.717) is 13.1 Å². The van der Waals surface area contributed by atoms with Gasteiger partial charge in [-0.3, -0.25) is 4.40 Å². The van der Waals surface area contributed by atoms with Gasteiger partial charge in [-0.15, -0.1) is 10.2 Å². The van der Waals surface area contributed by atoms with E-state index in [4.69, 9.17) is 0 Å². The molecule has 3 aromatic rings. The molecule has 0 saturated heterocycles. The maximum atomic E-state index is 4.32. The summed E-state index contributed by atoms with van der Waals surface area (Å²) in [7, 11) is 0. The molecule has 7 nitrogen and oxygen atoms in total. The summed E-state index contributed by atoms with van der Waals surface area (Å²) in [4.78, 5) is 8.47. The van der Waals surface area contributed by atoms with Crippen molar-refractivity contribution in [3.63, 3.8) is 0 Å². The van der Waals surface area contributed by atoms with Crippen LogP contribution in [0.25, 0.3) is 5.65 Å². The van der Waals surface area contributed by atoms with E-state index in [-0.39, 0.29) is 0 Å². The SMILES string of the molecule is CCn1cnnc1CNCc1cnc2cnc(Br)cn12. The second-order valence-electron chi connectivity index (χ2n) is 4.32. The van der Waals surface area contributed by atoms with Crippen molar-refractivity contribution in [3.05, 3.63) is 41.0 Å². The molecule has 0 aromatic carbocycles. The molecule has 0 aliphatic carbocycles. The highest BCUT2D eigenvalue weighted by atomic mass is 79.9. The number of fused-ring (bicyclic) bond motifs is 1. The molecule has 3 heterocycles. The molecular weight excluding hydrogens is 322 g/mol. The van der Waals surface area contributed by atoms with E-state index in [1.165, 1.54) is 0 Å². The van der Waals surface area contributed by atoms with Gasteiger partial charge < -0.3 is 9.88 Å². The van der Waals surface area contributed by atoms with Gasteiger partial charge in [0.25, 0.3) is 0 Å². The molecule has 0 aliphatic heterocycles. The monoisotopic (exact) mass is 335 g/mol. The summed E-state index contributed by atoms with van der Waals surface area (Å²) >= 11 is 3.37. The number of imidazole rings is 1. The van der Waals surface area contributed by atoms with Crippen molar-refractivity contribution in [2.24, 2.45) is 0 Å². The van der Waals surface area contributed by atoms with Crippen LogP contribution < -0.4 is 5.32 Å². The lowest BCUT2D eigenvalue weighted by Crippen LogP contribution is -2.17. The number of nitrogens with zero attached hydrogens (tertiary/aromatic N) is 6. The zero-order valence-corrected chi connectivity index (χ0v) is 12.6. The lowest BCUT2D eigenvalue weighted by Gasteiger charge is -2.06. The van der Waals surface area contributed by atoms with Crippen LogP contribution >= 0.6 is 15.9 Å². The fraction of sp³-hybridized carbons (Fsp3) is 0.333. The van der Waals surface area contributed by atoms with Crippen molar-refractivity contribution >= 4 is 21.6 Å². The fourth-order valence-corrected chi connectivity index (χ4v) is 2.34. The highest BCUT2D eigenvalue weighted by molar-refractivity contribution is 9.10. The van der Waals surface area contributed by atoms with E-state index in [1.807, 2.05) is 21.4 Å². The van der Waals surface area contributed by atoms with E-state index in [9.17, 15) is 0 Å².